The second-order valence-corrected chi connectivity index (χ2v) is 6.24. The van der Waals surface area contributed by atoms with Gasteiger partial charge < -0.3 is 15.5 Å². The quantitative estimate of drug-likeness (QED) is 0.866. The van der Waals surface area contributed by atoms with Crippen molar-refractivity contribution in [1.29, 1.82) is 0 Å². The third-order valence-electron chi connectivity index (χ3n) is 4.36. The van der Waals surface area contributed by atoms with Gasteiger partial charge in [0.05, 0.1) is 0 Å². The summed E-state index contributed by atoms with van der Waals surface area (Å²) < 4.78 is 0. The number of rotatable bonds is 6. The maximum atomic E-state index is 6.07. The highest BCUT2D eigenvalue weighted by Crippen LogP contribution is 2.20. The predicted molar refractivity (Wildman–Crippen MR) is 90.9 cm³/mol. The van der Waals surface area contributed by atoms with Crippen LogP contribution in [-0.2, 0) is 0 Å². The number of likely N-dealkylation sites (N-methyl/N-ethyl adjacent to an activating group) is 1. The van der Waals surface area contributed by atoms with Crippen LogP contribution in [0.1, 0.15) is 24.9 Å². The molecule has 2 rings (SSSR count). The Morgan fingerprint density at radius 1 is 1.10 bits per heavy atom. The molecule has 1 heterocycles. The first-order chi connectivity index (χ1) is 10.1. The first-order valence-corrected chi connectivity index (χ1v) is 8.07. The van der Waals surface area contributed by atoms with Crippen molar-refractivity contribution < 1.29 is 0 Å². The number of nitrogens with zero attached hydrogens (tertiary/aromatic N) is 3. The summed E-state index contributed by atoms with van der Waals surface area (Å²) in [5.41, 5.74) is 8.64. The van der Waals surface area contributed by atoms with Crippen LogP contribution in [-0.4, -0.2) is 63.2 Å². The molecular formula is C17H30N4. The minimum atomic E-state index is 0.168. The molecule has 1 aliphatic heterocycles. The first-order valence-electron chi connectivity index (χ1n) is 8.07. The van der Waals surface area contributed by atoms with E-state index in [0.717, 1.165) is 39.1 Å². The van der Waals surface area contributed by atoms with Crippen LogP contribution in [0.4, 0.5) is 5.69 Å². The summed E-state index contributed by atoms with van der Waals surface area (Å²) in [6, 6.07) is 8.98. The lowest BCUT2D eigenvalue weighted by molar-refractivity contribution is 0.229. The van der Waals surface area contributed by atoms with Gasteiger partial charge in [-0.25, -0.2) is 0 Å². The van der Waals surface area contributed by atoms with Gasteiger partial charge in [-0.15, -0.1) is 0 Å². The molecule has 118 valence electrons. The van der Waals surface area contributed by atoms with E-state index in [2.05, 4.69) is 60.0 Å². The topological polar surface area (TPSA) is 35.7 Å². The molecule has 0 unspecified atom stereocenters. The zero-order valence-corrected chi connectivity index (χ0v) is 13.8. The molecule has 0 amide bonds. The highest BCUT2D eigenvalue weighted by atomic mass is 15.3. The van der Waals surface area contributed by atoms with Crippen LogP contribution >= 0.6 is 0 Å². The molecule has 1 fully saturated rings. The highest BCUT2D eigenvalue weighted by molar-refractivity contribution is 5.48. The Hall–Kier alpha value is -1.10. The Morgan fingerprint density at radius 3 is 2.24 bits per heavy atom. The lowest BCUT2D eigenvalue weighted by Crippen LogP contribution is -2.48. The predicted octanol–water partition coefficient (Wildman–Crippen LogP) is 1.78. The maximum absolute atomic E-state index is 6.07. The Bertz CT molecular complexity index is 407. The summed E-state index contributed by atoms with van der Waals surface area (Å²) in [5.74, 6) is 0. The zero-order valence-electron chi connectivity index (χ0n) is 13.8. The van der Waals surface area contributed by atoms with Gasteiger partial charge in [0.2, 0.25) is 0 Å². The maximum Gasteiger partial charge on any atom is 0.0367 e. The normalized spacial score (nSPS) is 18.2. The van der Waals surface area contributed by atoms with Crippen LogP contribution in [0.3, 0.4) is 0 Å². The van der Waals surface area contributed by atoms with E-state index in [1.165, 1.54) is 17.8 Å². The standard InChI is InChI=1S/C17H30N4/c1-4-17(18)15-5-7-16(8-6-15)21-13-11-20(12-14-21)10-9-19(2)3/h5-8,17H,4,9-14,18H2,1-3H3/t17-/m0/s1. The van der Waals surface area contributed by atoms with Crippen LogP contribution in [0.25, 0.3) is 0 Å². The molecule has 2 N–H and O–H groups in total. The number of nitrogens with two attached hydrogens (primary N) is 1. The lowest BCUT2D eigenvalue weighted by atomic mass is 10.0. The molecule has 1 aromatic carbocycles. The lowest BCUT2D eigenvalue weighted by Gasteiger charge is -2.36. The zero-order chi connectivity index (χ0) is 15.2. The van der Waals surface area contributed by atoms with Gasteiger partial charge in [0.15, 0.2) is 0 Å². The number of hydrogen-bond donors (Lipinski definition) is 1. The second-order valence-electron chi connectivity index (χ2n) is 6.24. The van der Waals surface area contributed by atoms with Gasteiger partial charge in [-0.1, -0.05) is 19.1 Å². The summed E-state index contributed by atoms with van der Waals surface area (Å²) in [4.78, 5) is 7.29. The van der Waals surface area contributed by atoms with Crippen molar-refractivity contribution in [2.24, 2.45) is 5.73 Å². The van der Waals surface area contributed by atoms with Crippen molar-refractivity contribution >= 4 is 5.69 Å². The molecule has 21 heavy (non-hydrogen) atoms. The van der Waals surface area contributed by atoms with Crippen molar-refractivity contribution in [3.63, 3.8) is 0 Å². The molecule has 1 atom stereocenters. The average Bonchev–Trinajstić information content (AvgIpc) is 2.53. The summed E-state index contributed by atoms with van der Waals surface area (Å²) in [6.45, 7) is 8.99. The minimum Gasteiger partial charge on any atom is -0.369 e. The van der Waals surface area contributed by atoms with Gasteiger partial charge in [0.25, 0.3) is 0 Å². The van der Waals surface area contributed by atoms with Gasteiger partial charge in [0, 0.05) is 51.0 Å². The molecule has 0 bridgehead atoms. The molecule has 0 spiro atoms. The highest BCUT2D eigenvalue weighted by Gasteiger charge is 2.17. The fourth-order valence-electron chi connectivity index (χ4n) is 2.74. The molecule has 1 aliphatic rings. The number of benzene rings is 1. The van der Waals surface area contributed by atoms with E-state index in [1.807, 2.05) is 0 Å². The molecule has 0 aliphatic carbocycles. The summed E-state index contributed by atoms with van der Waals surface area (Å²) in [6.07, 6.45) is 0.990. The van der Waals surface area contributed by atoms with Crippen LogP contribution in [0, 0.1) is 0 Å². The minimum absolute atomic E-state index is 0.168. The SMILES string of the molecule is CC[C@H](N)c1ccc(N2CCN(CCN(C)C)CC2)cc1. The fraction of sp³-hybridized carbons (Fsp3) is 0.647. The number of anilines is 1. The van der Waals surface area contributed by atoms with Crippen molar-refractivity contribution in [2.75, 3.05) is 58.3 Å². The molecule has 4 heteroatoms. The van der Waals surface area contributed by atoms with E-state index in [1.54, 1.807) is 0 Å². The molecule has 0 saturated carbocycles. The van der Waals surface area contributed by atoms with Gasteiger partial charge in [-0.3, -0.25) is 4.90 Å². The monoisotopic (exact) mass is 290 g/mol. The Kier molecular flexibility index (Phi) is 6.03. The molecule has 4 nitrogen and oxygen atoms in total. The van der Waals surface area contributed by atoms with Crippen LogP contribution in [0.5, 0.6) is 0 Å². The smallest absolute Gasteiger partial charge is 0.0367 e. The number of hydrogen-bond acceptors (Lipinski definition) is 4. The summed E-state index contributed by atoms with van der Waals surface area (Å²) in [7, 11) is 4.28. The van der Waals surface area contributed by atoms with E-state index in [9.17, 15) is 0 Å². The van der Waals surface area contributed by atoms with E-state index in [-0.39, 0.29) is 6.04 Å². The Morgan fingerprint density at radius 2 is 1.71 bits per heavy atom. The second kappa shape index (κ2) is 7.78. The van der Waals surface area contributed by atoms with Crippen molar-refractivity contribution in [3.8, 4) is 0 Å². The van der Waals surface area contributed by atoms with Gasteiger partial charge in [-0.2, -0.15) is 0 Å². The Labute approximate surface area is 129 Å². The van der Waals surface area contributed by atoms with Crippen molar-refractivity contribution in [3.05, 3.63) is 29.8 Å². The Balaban J connectivity index is 1.84. The van der Waals surface area contributed by atoms with Gasteiger partial charge >= 0.3 is 0 Å². The number of piperazine rings is 1. The van der Waals surface area contributed by atoms with E-state index >= 15 is 0 Å². The van der Waals surface area contributed by atoms with E-state index < -0.39 is 0 Å². The largest absolute Gasteiger partial charge is 0.369 e. The van der Waals surface area contributed by atoms with Gasteiger partial charge in [0.1, 0.15) is 0 Å². The summed E-state index contributed by atoms with van der Waals surface area (Å²) in [5, 5.41) is 0. The molecule has 0 aromatic heterocycles. The van der Waals surface area contributed by atoms with Crippen molar-refractivity contribution in [2.45, 2.75) is 19.4 Å². The van der Waals surface area contributed by atoms with E-state index in [0.29, 0.717) is 0 Å². The van der Waals surface area contributed by atoms with Crippen LogP contribution in [0.2, 0.25) is 0 Å². The third kappa shape index (κ3) is 4.70. The molecule has 1 saturated heterocycles. The molecule has 1 aromatic rings. The molecule has 0 radical (unpaired) electrons. The first kappa shape index (κ1) is 16.3. The summed E-state index contributed by atoms with van der Waals surface area (Å²) >= 11 is 0. The van der Waals surface area contributed by atoms with Crippen LogP contribution < -0.4 is 10.6 Å². The van der Waals surface area contributed by atoms with Gasteiger partial charge in [-0.05, 0) is 38.2 Å². The molecular weight excluding hydrogens is 260 g/mol. The average molecular weight is 290 g/mol. The third-order valence-corrected chi connectivity index (χ3v) is 4.36. The van der Waals surface area contributed by atoms with E-state index in [4.69, 9.17) is 5.73 Å². The fourth-order valence-corrected chi connectivity index (χ4v) is 2.74. The van der Waals surface area contributed by atoms with Crippen LogP contribution in [0.15, 0.2) is 24.3 Å². The van der Waals surface area contributed by atoms with Crippen molar-refractivity contribution in [1.82, 2.24) is 9.80 Å².